The number of aliphatic hydroxyl groups is 1. The van der Waals surface area contributed by atoms with Crippen LogP contribution in [0.15, 0.2) is 0 Å². The van der Waals surface area contributed by atoms with Crippen molar-refractivity contribution in [2.45, 2.75) is 44.8 Å². The Bertz CT molecular complexity index is 249. The highest BCUT2D eigenvalue weighted by Crippen LogP contribution is 2.21. The number of amides is 1. The van der Waals surface area contributed by atoms with Gasteiger partial charge in [-0.3, -0.25) is 4.79 Å². The Hall–Kier alpha value is -0.610. The van der Waals surface area contributed by atoms with Gasteiger partial charge in [-0.2, -0.15) is 0 Å². The summed E-state index contributed by atoms with van der Waals surface area (Å²) in [6.45, 7) is 4.38. The minimum Gasteiger partial charge on any atom is -0.393 e. The van der Waals surface area contributed by atoms with E-state index in [0.29, 0.717) is 0 Å². The number of piperidine rings is 1. The van der Waals surface area contributed by atoms with Crippen molar-refractivity contribution in [3.8, 4) is 0 Å². The van der Waals surface area contributed by atoms with E-state index in [1.165, 1.54) is 0 Å². The van der Waals surface area contributed by atoms with Crippen molar-refractivity contribution >= 4 is 5.91 Å². The van der Waals surface area contributed by atoms with Crippen LogP contribution in [-0.2, 0) is 4.79 Å². The maximum Gasteiger partial charge on any atom is 0.239 e. The van der Waals surface area contributed by atoms with Crippen LogP contribution >= 0.6 is 0 Å². The molecule has 0 spiro atoms. The summed E-state index contributed by atoms with van der Waals surface area (Å²) in [5.74, 6) is 0.502. The molecule has 2 N–H and O–H groups in total. The Kier molecular flexibility index (Phi) is 3.82. The zero-order chi connectivity index (χ0) is 11.5. The first kappa shape index (κ1) is 11.9. The fourth-order valence-corrected chi connectivity index (χ4v) is 2.72. The molecule has 0 bridgehead atoms. The van der Waals surface area contributed by atoms with Crippen LogP contribution < -0.4 is 5.32 Å². The van der Waals surface area contributed by atoms with E-state index in [4.69, 9.17) is 0 Å². The molecule has 2 rings (SSSR count). The van der Waals surface area contributed by atoms with Gasteiger partial charge < -0.3 is 15.3 Å². The molecule has 2 saturated heterocycles. The van der Waals surface area contributed by atoms with Crippen molar-refractivity contribution in [2.75, 3.05) is 19.6 Å². The molecule has 2 aliphatic heterocycles. The van der Waals surface area contributed by atoms with Gasteiger partial charge in [0.05, 0.1) is 12.1 Å². The number of carbonyl (C=O) groups is 1. The van der Waals surface area contributed by atoms with Gasteiger partial charge in [-0.1, -0.05) is 0 Å². The molecule has 0 aromatic heterocycles. The molecule has 2 fully saturated rings. The van der Waals surface area contributed by atoms with E-state index < -0.39 is 0 Å². The zero-order valence-electron chi connectivity index (χ0n) is 9.98. The molecule has 2 aliphatic rings. The topological polar surface area (TPSA) is 52.6 Å². The fourth-order valence-electron chi connectivity index (χ4n) is 2.72. The van der Waals surface area contributed by atoms with Gasteiger partial charge in [0.2, 0.25) is 5.91 Å². The van der Waals surface area contributed by atoms with E-state index in [-0.39, 0.29) is 24.0 Å². The number of nitrogens with zero attached hydrogens (tertiary/aromatic N) is 1. The van der Waals surface area contributed by atoms with Crippen molar-refractivity contribution < 1.29 is 9.90 Å². The molecule has 4 heteroatoms. The molecule has 1 amide bonds. The Balaban J connectivity index is 1.90. The molecule has 0 radical (unpaired) electrons. The first-order valence-corrected chi connectivity index (χ1v) is 6.38. The normalized spacial score (nSPS) is 32.8. The third-order valence-electron chi connectivity index (χ3n) is 3.81. The van der Waals surface area contributed by atoms with Crippen molar-refractivity contribution in [1.29, 1.82) is 0 Å². The third kappa shape index (κ3) is 2.55. The van der Waals surface area contributed by atoms with Crippen molar-refractivity contribution in [3.63, 3.8) is 0 Å². The fraction of sp³-hybridized carbons (Fsp3) is 0.917. The van der Waals surface area contributed by atoms with Gasteiger partial charge in [-0.15, -0.1) is 0 Å². The van der Waals surface area contributed by atoms with E-state index in [9.17, 15) is 9.90 Å². The summed E-state index contributed by atoms with van der Waals surface area (Å²) in [5, 5.41) is 12.8. The molecule has 0 unspecified atom stereocenters. The van der Waals surface area contributed by atoms with E-state index >= 15 is 0 Å². The van der Waals surface area contributed by atoms with Gasteiger partial charge in [0, 0.05) is 19.0 Å². The van der Waals surface area contributed by atoms with Crippen LogP contribution in [0.1, 0.15) is 32.6 Å². The molecule has 3 atom stereocenters. The Labute approximate surface area is 97.0 Å². The van der Waals surface area contributed by atoms with E-state index in [0.717, 1.165) is 45.3 Å². The number of nitrogens with one attached hydrogen (secondary N) is 1. The van der Waals surface area contributed by atoms with Crippen LogP contribution in [0.4, 0.5) is 0 Å². The predicted octanol–water partition coefficient (Wildman–Crippen LogP) is 0.358. The van der Waals surface area contributed by atoms with Gasteiger partial charge in [-0.05, 0) is 39.2 Å². The van der Waals surface area contributed by atoms with Crippen LogP contribution in [-0.4, -0.2) is 47.7 Å². The lowest BCUT2D eigenvalue weighted by molar-refractivity contribution is -0.135. The standard InChI is InChI=1S/C12H22N2O2/c1-9(15)10-4-3-7-14(8-10)12(16)11-5-2-6-13-11/h9-11,13,15H,2-8H2,1H3/t9-,10+,11-/m0/s1. The molecular formula is C12H22N2O2. The maximum absolute atomic E-state index is 12.2. The summed E-state index contributed by atoms with van der Waals surface area (Å²) in [6.07, 6.45) is 3.83. The average molecular weight is 226 g/mol. The maximum atomic E-state index is 12.2. The smallest absolute Gasteiger partial charge is 0.239 e. The highest BCUT2D eigenvalue weighted by atomic mass is 16.3. The first-order chi connectivity index (χ1) is 7.68. The average Bonchev–Trinajstić information content (AvgIpc) is 2.81. The molecule has 0 aromatic rings. The van der Waals surface area contributed by atoms with Crippen LogP contribution in [0.3, 0.4) is 0 Å². The molecule has 0 aliphatic carbocycles. The Morgan fingerprint density at radius 1 is 1.44 bits per heavy atom. The summed E-state index contributed by atoms with van der Waals surface area (Å²) in [7, 11) is 0. The largest absolute Gasteiger partial charge is 0.393 e. The van der Waals surface area contributed by atoms with E-state index in [1.54, 1.807) is 0 Å². The molecule has 16 heavy (non-hydrogen) atoms. The van der Waals surface area contributed by atoms with E-state index in [2.05, 4.69) is 5.32 Å². The lowest BCUT2D eigenvalue weighted by atomic mass is 9.93. The summed E-state index contributed by atoms with van der Waals surface area (Å²) in [6, 6.07) is 0.0350. The monoisotopic (exact) mass is 226 g/mol. The van der Waals surface area contributed by atoms with Crippen LogP contribution in [0.5, 0.6) is 0 Å². The lowest BCUT2D eigenvalue weighted by Crippen LogP contribution is -2.49. The Morgan fingerprint density at radius 3 is 2.88 bits per heavy atom. The van der Waals surface area contributed by atoms with Crippen LogP contribution in [0.2, 0.25) is 0 Å². The summed E-state index contributed by atoms with van der Waals surface area (Å²) in [5.41, 5.74) is 0. The van der Waals surface area contributed by atoms with Crippen molar-refractivity contribution in [3.05, 3.63) is 0 Å². The van der Waals surface area contributed by atoms with Crippen LogP contribution in [0, 0.1) is 5.92 Å². The second-order valence-electron chi connectivity index (χ2n) is 5.08. The van der Waals surface area contributed by atoms with Crippen molar-refractivity contribution in [2.24, 2.45) is 5.92 Å². The van der Waals surface area contributed by atoms with Crippen LogP contribution in [0.25, 0.3) is 0 Å². The van der Waals surface area contributed by atoms with E-state index in [1.807, 2.05) is 11.8 Å². The van der Waals surface area contributed by atoms with Gasteiger partial charge in [0.1, 0.15) is 0 Å². The minimum atomic E-state index is -0.299. The minimum absolute atomic E-state index is 0.0350. The number of rotatable bonds is 2. The second-order valence-corrected chi connectivity index (χ2v) is 5.08. The predicted molar refractivity (Wildman–Crippen MR) is 62.0 cm³/mol. The summed E-state index contributed by atoms with van der Waals surface area (Å²) >= 11 is 0. The Morgan fingerprint density at radius 2 is 2.25 bits per heavy atom. The molecule has 4 nitrogen and oxygen atoms in total. The van der Waals surface area contributed by atoms with Crippen molar-refractivity contribution in [1.82, 2.24) is 10.2 Å². The summed E-state index contributed by atoms with van der Waals surface area (Å²) in [4.78, 5) is 14.1. The highest BCUT2D eigenvalue weighted by molar-refractivity contribution is 5.82. The summed E-state index contributed by atoms with van der Waals surface area (Å²) < 4.78 is 0. The number of hydrogen-bond acceptors (Lipinski definition) is 3. The highest BCUT2D eigenvalue weighted by Gasteiger charge is 2.31. The molecule has 92 valence electrons. The van der Waals surface area contributed by atoms with Gasteiger partial charge in [-0.25, -0.2) is 0 Å². The van der Waals surface area contributed by atoms with Gasteiger partial charge in [0.15, 0.2) is 0 Å². The molecule has 0 saturated carbocycles. The number of aliphatic hydroxyl groups excluding tert-OH is 1. The molecular weight excluding hydrogens is 204 g/mol. The third-order valence-corrected chi connectivity index (χ3v) is 3.81. The lowest BCUT2D eigenvalue weighted by Gasteiger charge is -2.35. The zero-order valence-corrected chi connectivity index (χ0v) is 9.98. The molecule has 2 heterocycles. The number of carbonyl (C=O) groups excluding carboxylic acids is 1. The van der Waals surface area contributed by atoms with Gasteiger partial charge >= 0.3 is 0 Å². The second kappa shape index (κ2) is 5.15. The molecule has 0 aromatic carbocycles. The SMILES string of the molecule is C[C@H](O)[C@@H]1CCCN(C(=O)[C@@H]2CCCN2)C1. The quantitative estimate of drug-likeness (QED) is 0.715. The first-order valence-electron chi connectivity index (χ1n) is 6.38. The number of hydrogen-bond donors (Lipinski definition) is 2. The van der Waals surface area contributed by atoms with Gasteiger partial charge in [0.25, 0.3) is 0 Å². The number of likely N-dealkylation sites (tertiary alicyclic amines) is 1.